The summed E-state index contributed by atoms with van der Waals surface area (Å²) in [6.07, 6.45) is 9.61. The largest absolute Gasteiger partial charge is 0.524 e. The maximum absolute atomic E-state index is 14.1. The number of carbonyl (C=O) groups excluding carboxylic acids is 6. The number of benzene rings is 5. The Labute approximate surface area is 433 Å². The summed E-state index contributed by atoms with van der Waals surface area (Å²) in [7, 11) is -10.0. The van der Waals surface area contributed by atoms with Gasteiger partial charge in [-0.25, -0.2) is 9.13 Å². The zero-order valence-corrected chi connectivity index (χ0v) is 42.6. The van der Waals surface area contributed by atoms with Gasteiger partial charge in [-0.15, -0.1) is 23.2 Å². The first kappa shape index (κ1) is 53.6. The van der Waals surface area contributed by atoms with Crippen molar-refractivity contribution in [3.8, 4) is 11.5 Å². The van der Waals surface area contributed by atoms with E-state index in [-0.39, 0.29) is 97.5 Å². The van der Waals surface area contributed by atoms with Crippen molar-refractivity contribution in [1.82, 2.24) is 10.2 Å². The molecule has 0 aliphatic carbocycles. The molecule has 0 aromatic heterocycles. The first-order chi connectivity index (χ1) is 35.3. The molecule has 74 heavy (non-hydrogen) atoms. The maximum atomic E-state index is 14.1. The van der Waals surface area contributed by atoms with Gasteiger partial charge in [0.1, 0.15) is 11.5 Å². The Hall–Kier alpha value is -6.66. The van der Waals surface area contributed by atoms with Crippen LogP contribution in [0.3, 0.4) is 0 Å². The Morgan fingerprint density at radius 1 is 0.649 bits per heavy atom. The van der Waals surface area contributed by atoms with Crippen LogP contribution in [0.15, 0.2) is 103 Å². The highest BCUT2D eigenvalue weighted by Crippen LogP contribution is 2.51. The molecule has 0 bridgehead atoms. The molecule has 0 fully saturated rings. The van der Waals surface area contributed by atoms with Gasteiger partial charge in [-0.2, -0.15) is 0 Å². The average Bonchev–Trinajstić information content (AvgIpc) is 4.03. The zero-order valence-electron chi connectivity index (χ0n) is 39.3. The van der Waals surface area contributed by atoms with Crippen molar-refractivity contribution in [1.29, 1.82) is 0 Å². The molecular formula is C51H49Cl2N5O14P2. The van der Waals surface area contributed by atoms with Crippen LogP contribution >= 0.6 is 38.8 Å². The molecule has 0 spiro atoms. The lowest BCUT2D eigenvalue weighted by Crippen LogP contribution is -2.31. The number of hydrogen-bond donors (Lipinski definition) is 6. The van der Waals surface area contributed by atoms with E-state index in [2.05, 4.69) is 10.6 Å². The summed E-state index contributed by atoms with van der Waals surface area (Å²) in [4.78, 5) is 121. The fraction of sp³-hybridized carbons (Fsp3) is 0.255. The molecule has 6 N–H and O–H groups in total. The second-order valence-corrected chi connectivity index (χ2v) is 20.5. The summed E-state index contributed by atoms with van der Waals surface area (Å²) in [5, 5.41) is 7.63. The quantitative estimate of drug-likeness (QED) is 0.0144. The third-order valence-corrected chi connectivity index (χ3v) is 14.2. The van der Waals surface area contributed by atoms with E-state index in [0.717, 1.165) is 4.90 Å². The minimum Gasteiger partial charge on any atom is -0.404 e. The minimum atomic E-state index is -5.01. The molecule has 0 saturated carbocycles. The number of phosphoric acid groups is 2. The summed E-state index contributed by atoms with van der Waals surface area (Å²) in [6, 6.07) is 21.3. The topological polar surface area (TPSA) is 270 Å². The first-order valence-electron chi connectivity index (χ1n) is 23.3. The van der Waals surface area contributed by atoms with Gasteiger partial charge < -0.3 is 29.5 Å². The zero-order chi connectivity index (χ0) is 52.9. The number of amides is 6. The van der Waals surface area contributed by atoms with Gasteiger partial charge in [0.2, 0.25) is 11.8 Å². The number of nitrogens with one attached hydrogen (secondary N) is 2. The Bertz CT molecular complexity index is 3260. The third-order valence-electron chi connectivity index (χ3n) is 12.6. The van der Waals surface area contributed by atoms with Gasteiger partial charge in [0, 0.05) is 116 Å². The van der Waals surface area contributed by atoms with E-state index in [1.54, 1.807) is 66.7 Å². The molecule has 19 nitrogen and oxygen atoms in total. The maximum Gasteiger partial charge on any atom is 0.524 e. The lowest BCUT2D eigenvalue weighted by Gasteiger charge is -2.18. The molecule has 23 heteroatoms. The molecule has 8 rings (SSSR count). The number of rotatable bonds is 20. The number of unbranched alkanes of at least 4 members (excludes halogenated alkanes) is 2. The molecule has 386 valence electrons. The standard InChI is InChI=1S/C51H49Cl2N5O14P2/c52-27-33-29-57(40-25-42(71-73(65,66)67)35-8-3-5-10-37(35)50(33)40)48(63)17-14-31-13-15-32(39(24-31)55-45(60)21-22-54-44(59)12-2-1-7-23-56-46(61)19-20-47(56)62)16-18-49(64)58-30-34(28-53)51-38-11-6-4-9-36(38)43(26-41(51)58)72-74(68,69)70/h3-6,8-11,13-20,24-26,33-34H,1-2,7,12,21-23,27-30H2,(H,54,59)(H,55,60)(H2,65,66,67)(H2,68,69,70)/b17-14+,18-16+/t33-,34-/m1/s1. The Morgan fingerprint density at radius 2 is 1.16 bits per heavy atom. The fourth-order valence-corrected chi connectivity index (χ4v) is 10.7. The summed E-state index contributed by atoms with van der Waals surface area (Å²) < 4.78 is 34.1. The van der Waals surface area contributed by atoms with Gasteiger partial charge in [-0.3, -0.25) is 53.2 Å². The van der Waals surface area contributed by atoms with Gasteiger partial charge in [-0.05, 0) is 64.1 Å². The normalized spacial score (nSPS) is 16.5. The number of carbonyl (C=O) groups is 6. The lowest BCUT2D eigenvalue weighted by molar-refractivity contribution is -0.137. The number of halogens is 2. The van der Waals surface area contributed by atoms with E-state index in [0.29, 0.717) is 74.4 Å². The average molecular weight is 1090 g/mol. The van der Waals surface area contributed by atoms with Gasteiger partial charge in [0.15, 0.2) is 0 Å². The highest BCUT2D eigenvalue weighted by molar-refractivity contribution is 7.47. The van der Waals surface area contributed by atoms with Crippen molar-refractivity contribution < 1.29 is 66.5 Å². The second kappa shape index (κ2) is 22.8. The van der Waals surface area contributed by atoms with Crippen LogP contribution in [-0.2, 0) is 37.9 Å². The molecule has 5 aromatic carbocycles. The molecule has 3 aliphatic heterocycles. The summed E-state index contributed by atoms with van der Waals surface area (Å²) >= 11 is 12.8. The van der Waals surface area contributed by atoms with Crippen LogP contribution in [-0.4, -0.2) is 97.9 Å². The molecule has 0 radical (unpaired) electrons. The Morgan fingerprint density at radius 3 is 1.68 bits per heavy atom. The predicted molar refractivity (Wildman–Crippen MR) is 280 cm³/mol. The molecule has 0 unspecified atom stereocenters. The number of nitrogens with zero attached hydrogens (tertiary/aromatic N) is 3. The Balaban J connectivity index is 1.02. The fourth-order valence-electron chi connectivity index (χ4n) is 9.34. The van der Waals surface area contributed by atoms with Gasteiger partial charge >= 0.3 is 15.6 Å². The number of phosphoric ester groups is 2. The van der Waals surface area contributed by atoms with E-state index in [4.69, 9.17) is 32.2 Å². The second-order valence-electron chi connectivity index (χ2n) is 17.6. The highest BCUT2D eigenvalue weighted by atomic mass is 35.5. The smallest absolute Gasteiger partial charge is 0.404 e. The van der Waals surface area contributed by atoms with Crippen molar-refractivity contribution in [3.63, 3.8) is 0 Å². The van der Waals surface area contributed by atoms with Crippen LogP contribution in [0, 0.1) is 0 Å². The number of fused-ring (bicyclic) bond motifs is 6. The molecule has 6 amide bonds. The number of hydrogen-bond acceptors (Lipinski definition) is 10. The highest BCUT2D eigenvalue weighted by Gasteiger charge is 2.36. The van der Waals surface area contributed by atoms with E-state index in [1.807, 2.05) is 0 Å². The van der Waals surface area contributed by atoms with Crippen LogP contribution in [0.1, 0.15) is 66.2 Å². The molecule has 5 aromatic rings. The Kier molecular flexibility index (Phi) is 16.6. The molecule has 0 saturated heterocycles. The molecule has 3 aliphatic rings. The lowest BCUT2D eigenvalue weighted by atomic mass is 9.95. The number of anilines is 3. The van der Waals surface area contributed by atoms with Crippen LogP contribution in [0.25, 0.3) is 33.7 Å². The van der Waals surface area contributed by atoms with Crippen LogP contribution in [0.2, 0.25) is 0 Å². The monoisotopic (exact) mass is 1090 g/mol. The summed E-state index contributed by atoms with van der Waals surface area (Å²) in [5.74, 6) is -3.20. The third kappa shape index (κ3) is 12.5. The SMILES string of the molecule is O=C(CCCCCN1C(=O)C=CC1=O)NCCC(=O)Nc1cc(/C=C/C(=O)N2C[C@@H](CCl)c3c2cc(OP(=O)(O)O)c2ccccc32)ccc1/C=C/C(=O)N1C[C@@H](CCl)c2c1cc(OP(=O)(O)O)c1ccccc21. The summed E-state index contributed by atoms with van der Waals surface area (Å²) in [5.41, 5.74) is 3.16. The number of imide groups is 1. The van der Waals surface area contributed by atoms with E-state index >= 15 is 0 Å². The van der Waals surface area contributed by atoms with E-state index in [1.165, 1.54) is 58.4 Å². The van der Waals surface area contributed by atoms with Crippen LogP contribution < -0.4 is 29.5 Å². The van der Waals surface area contributed by atoms with Crippen LogP contribution in [0.5, 0.6) is 11.5 Å². The van der Waals surface area contributed by atoms with Crippen LogP contribution in [0.4, 0.5) is 17.1 Å². The number of alkyl halides is 2. The summed E-state index contributed by atoms with van der Waals surface area (Å²) in [6.45, 7) is 0.531. The van der Waals surface area contributed by atoms with Crippen molar-refractivity contribution >= 4 is 125 Å². The van der Waals surface area contributed by atoms with E-state index < -0.39 is 33.4 Å². The van der Waals surface area contributed by atoms with Crippen molar-refractivity contribution in [2.45, 2.75) is 43.9 Å². The van der Waals surface area contributed by atoms with Gasteiger partial charge in [0.25, 0.3) is 23.6 Å². The van der Waals surface area contributed by atoms with Crippen molar-refractivity contribution in [3.05, 3.63) is 125 Å². The predicted octanol–water partition coefficient (Wildman–Crippen LogP) is 7.63. The molecular weight excluding hydrogens is 1040 g/mol. The first-order valence-corrected chi connectivity index (χ1v) is 27.4. The van der Waals surface area contributed by atoms with Crippen molar-refractivity contribution in [2.75, 3.05) is 53.1 Å². The molecule has 2 atom stereocenters. The molecule has 3 heterocycles. The van der Waals surface area contributed by atoms with E-state index in [9.17, 15) is 57.5 Å². The van der Waals surface area contributed by atoms with Crippen molar-refractivity contribution in [2.24, 2.45) is 0 Å². The minimum absolute atomic E-state index is 0.0137. The van der Waals surface area contributed by atoms with Gasteiger partial charge in [0.05, 0.1) is 11.4 Å². The van der Waals surface area contributed by atoms with Gasteiger partial charge in [-0.1, -0.05) is 67.1 Å².